The summed E-state index contributed by atoms with van der Waals surface area (Å²) in [5, 5.41) is 3.16. The number of anilines is 1. The highest BCUT2D eigenvalue weighted by Crippen LogP contribution is 2.32. The molecule has 1 heterocycles. The van der Waals surface area contributed by atoms with E-state index in [2.05, 4.69) is 58.1 Å². The summed E-state index contributed by atoms with van der Waals surface area (Å²) < 4.78 is 6.98. The number of aromatic nitrogens is 2. The van der Waals surface area contributed by atoms with Crippen molar-refractivity contribution in [2.75, 3.05) is 11.9 Å². The summed E-state index contributed by atoms with van der Waals surface area (Å²) in [6.07, 6.45) is 2.73. The van der Waals surface area contributed by atoms with Gasteiger partial charge >= 0.3 is 0 Å². The van der Waals surface area contributed by atoms with E-state index in [0.717, 1.165) is 28.8 Å². The average Bonchev–Trinajstić information content (AvgIpc) is 2.47. The minimum atomic E-state index is 0.372. The largest absolute Gasteiger partial charge is 0.439 e. The van der Waals surface area contributed by atoms with Gasteiger partial charge in [-0.15, -0.1) is 0 Å². The first kappa shape index (κ1) is 15.8. The standard InChI is InChI=1S/C16H20BrN3O/c1-4-8-18-16-19-9-7-15(20-16)21-14-6-5-12(17)10-13(14)11(2)3/h5-7,9-11H,4,8H2,1-3H3,(H,18,19,20). The molecule has 0 aliphatic carbocycles. The second-order valence-corrected chi connectivity index (χ2v) is 6.00. The van der Waals surface area contributed by atoms with Crippen molar-refractivity contribution in [2.24, 2.45) is 0 Å². The van der Waals surface area contributed by atoms with E-state index in [-0.39, 0.29) is 0 Å². The fourth-order valence-corrected chi connectivity index (χ4v) is 2.28. The summed E-state index contributed by atoms with van der Waals surface area (Å²) in [5.74, 6) is 2.34. The molecular formula is C16H20BrN3O. The van der Waals surface area contributed by atoms with Gasteiger partial charge in [0.25, 0.3) is 0 Å². The zero-order valence-electron chi connectivity index (χ0n) is 12.6. The van der Waals surface area contributed by atoms with Crippen molar-refractivity contribution < 1.29 is 4.74 Å². The molecule has 0 spiro atoms. The normalized spacial score (nSPS) is 10.7. The Labute approximate surface area is 134 Å². The van der Waals surface area contributed by atoms with Crippen molar-refractivity contribution in [1.82, 2.24) is 9.97 Å². The number of halogens is 1. The topological polar surface area (TPSA) is 47.0 Å². The van der Waals surface area contributed by atoms with E-state index in [1.165, 1.54) is 0 Å². The number of hydrogen-bond donors (Lipinski definition) is 1. The SMILES string of the molecule is CCCNc1nccc(Oc2ccc(Br)cc2C(C)C)n1. The van der Waals surface area contributed by atoms with Gasteiger partial charge in [0, 0.05) is 23.3 Å². The third kappa shape index (κ3) is 4.43. The Kier molecular flexibility index (Phi) is 5.56. The summed E-state index contributed by atoms with van der Waals surface area (Å²) in [7, 11) is 0. The van der Waals surface area contributed by atoms with Crippen LogP contribution in [-0.4, -0.2) is 16.5 Å². The maximum Gasteiger partial charge on any atom is 0.225 e. The monoisotopic (exact) mass is 349 g/mol. The number of ether oxygens (including phenoxy) is 1. The lowest BCUT2D eigenvalue weighted by atomic mass is 10.0. The fourth-order valence-electron chi connectivity index (χ4n) is 1.90. The maximum atomic E-state index is 5.93. The molecule has 0 saturated heterocycles. The minimum absolute atomic E-state index is 0.372. The second-order valence-electron chi connectivity index (χ2n) is 5.08. The number of rotatable bonds is 6. The van der Waals surface area contributed by atoms with Crippen LogP contribution < -0.4 is 10.1 Å². The molecule has 0 amide bonds. The Morgan fingerprint density at radius 2 is 2.10 bits per heavy atom. The van der Waals surface area contributed by atoms with Crippen molar-refractivity contribution in [3.8, 4) is 11.6 Å². The number of nitrogens with zero attached hydrogens (tertiary/aromatic N) is 2. The van der Waals surface area contributed by atoms with Crippen LogP contribution in [0.15, 0.2) is 34.9 Å². The quantitative estimate of drug-likeness (QED) is 0.798. The van der Waals surface area contributed by atoms with E-state index in [1.807, 2.05) is 12.1 Å². The summed E-state index contributed by atoms with van der Waals surface area (Å²) in [4.78, 5) is 8.55. The molecule has 2 rings (SSSR count). The van der Waals surface area contributed by atoms with Crippen LogP contribution in [-0.2, 0) is 0 Å². The van der Waals surface area contributed by atoms with Crippen LogP contribution in [0.25, 0.3) is 0 Å². The molecule has 0 bridgehead atoms. The van der Waals surface area contributed by atoms with Crippen LogP contribution in [0, 0.1) is 0 Å². The van der Waals surface area contributed by atoms with Crippen LogP contribution in [0.3, 0.4) is 0 Å². The lowest BCUT2D eigenvalue weighted by Gasteiger charge is -2.14. The van der Waals surface area contributed by atoms with E-state index < -0.39 is 0 Å². The minimum Gasteiger partial charge on any atom is -0.439 e. The van der Waals surface area contributed by atoms with Crippen LogP contribution >= 0.6 is 15.9 Å². The van der Waals surface area contributed by atoms with E-state index in [0.29, 0.717) is 17.7 Å². The molecular weight excluding hydrogens is 330 g/mol. The van der Waals surface area contributed by atoms with Crippen LogP contribution in [0.1, 0.15) is 38.7 Å². The molecule has 112 valence electrons. The fraction of sp³-hybridized carbons (Fsp3) is 0.375. The van der Waals surface area contributed by atoms with Crippen LogP contribution in [0.5, 0.6) is 11.6 Å². The Balaban J connectivity index is 2.22. The third-order valence-corrected chi connectivity index (χ3v) is 3.46. The zero-order valence-corrected chi connectivity index (χ0v) is 14.1. The van der Waals surface area contributed by atoms with Gasteiger partial charge in [0.2, 0.25) is 11.8 Å². The molecule has 0 aliphatic heterocycles. The molecule has 21 heavy (non-hydrogen) atoms. The highest BCUT2D eigenvalue weighted by molar-refractivity contribution is 9.10. The molecule has 5 heteroatoms. The predicted octanol–water partition coefficient (Wildman–Crippen LogP) is 4.98. The van der Waals surface area contributed by atoms with Gasteiger partial charge in [-0.05, 0) is 36.1 Å². The van der Waals surface area contributed by atoms with Gasteiger partial charge in [-0.3, -0.25) is 0 Å². The third-order valence-electron chi connectivity index (χ3n) is 2.97. The van der Waals surface area contributed by atoms with E-state index in [4.69, 9.17) is 4.74 Å². The molecule has 1 aromatic carbocycles. The van der Waals surface area contributed by atoms with Gasteiger partial charge in [-0.25, -0.2) is 4.98 Å². The lowest BCUT2D eigenvalue weighted by Crippen LogP contribution is -2.04. The first-order chi connectivity index (χ1) is 10.1. The summed E-state index contributed by atoms with van der Waals surface area (Å²) in [6, 6.07) is 7.78. The Morgan fingerprint density at radius 3 is 2.81 bits per heavy atom. The zero-order chi connectivity index (χ0) is 15.2. The maximum absolute atomic E-state index is 5.93. The van der Waals surface area contributed by atoms with E-state index in [9.17, 15) is 0 Å². The average molecular weight is 350 g/mol. The van der Waals surface area contributed by atoms with Crippen LogP contribution in [0.4, 0.5) is 5.95 Å². The number of nitrogens with one attached hydrogen (secondary N) is 1. The highest BCUT2D eigenvalue weighted by Gasteiger charge is 2.10. The highest BCUT2D eigenvalue weighted by atomic mass is 79.9. The molecule has 1 aromatic heterocycles. The van der Waals surface area contributed by atoms with Crippen LogP contribution in [0.2, 0.25) is 0 Å². The van der Waals surface area contributed by atoms with Crippen molar-refractivity contribution in [3.05, 3.63) is 40.5 Å². The van der Waals surface area contributed by atoms with Gasteiger partial charge in [0.05, 0.1) is 0 Å². The number of benzene rings is 1. The molecule has 0 radical (unpaired) electrons. The second kappa shape index (κ2) is 7.41. The van der Waals surface area contributed by atoms with Crippen molar-refractivity contribution in [1.29, 1.82) is 0 Å². The summed E-state index contributed by atoms with van der Waals surface area (Å²) in [5.41, 5.74) is 1.14. The number of hydrogen-bond acceptors (Lipinski definition) is 4. The molecule has 4 nitrogen and oxygen atoms in total. The van der Waals surface area contributed by atoms with E-state index >= 15 is 0 Å². The van der Waals surface area contributed by atoms with Gasteiger partial charge in [-0.2, -0.15) is 4.98 Å². The molecule has 2 aromatic rings. The molecule has 1 N–H and O–H groups in total. The summed E-state index contributed by atoms with van der Waals surface area (Å²) >= 11 is 3.50. The summed E-state index contributed by atoms with van der Waals surface area (Å²) in [6.45, 7) is 7.23. The molecule has 0 aliphatic rings. The smallest absolute Gasteiger partial charge is 0.225 e. The lowest BCUT2D eigenvalue weighted by molar-refractivity contribution is 0.453. The van der Waals surface area contributed by atoms with Gasteiger partial charge in [0.1, 0.15) is 5.75 Å². The van der Waals surface area contributed by atoms with Crippen molar-refractivity contribution >= 4 is 21.9 Å². The molecule has 0 saturated carbocycles. The molecule has 0 fully saturated rings. The van der Waals surface area contributed by atoms with E-state index in [1.54, 1.807) is 12.3 Å². The Bertz CT molecular complexity index is 602. The Hall–Kier alpha value is -1.62. The van der Waals surface area contributed by atoms with Crippen molar-refractivity contribution in [3.63, 3.8) is 0 Å². The van der Waals surface area contributed by atoms with Crippen molar-refractivity contribution in [2.45, 2.75) is 33.1 Å². The Morgan fingerprint density at radius 1 is 1.29 bits per heavy atom. The van der Waals surface area contributed by atoms with Gasteiger partial charge in [0.15, 0.2) is 0 Å². The van der Waals surface area contributed by atoms with Gasteiger partial charge in [-0.1, -0.05) is 36.7 Å². The van der Waals surface area contributed by atoms with Gasteiger partial charge < -0.3 is 10.1 Å². The first-order valence-electron chi connectivity index (χ1n) is 7.14. The molecule has 0 atom stereocenters. The predicted molar refractivity (Wildman–Crippen MR) is 89.1 cm³/mol. The first-order valence-corrected chi connectivity index (χ1v) is 7.93. The molecule has 0 unspecified atom stereocenters.